The molecule has 0 bridgehead atoms. The third-order valence-corrected chi connectivity index (χ3v) is 1.47. The van der Waals surface area contributed by atoms with Crippen molar-refractivity contribution in [1.82, 2.24) is 4.98 Å². The summed E-state index contributed by atoms with van der Waals surface area (Å²) in [4.78, 5) is 12.4. The van der Waals surface area contributed by atoms with E-state index in [1.807, 2.05) is 0 Å². The van der Waals surface area contributed by atoms with Gasteiger partial charge in [0.1, 0.15) is 0 Å². The van der Waals surface area contributed by atoms with E-state index in [0.717, 1.165) is 0 Å². The summed E-state index contributed by atoms with van der Waals surface area (Å²) in [7, 11) is 0. The molecule has 11 nitrogen and oxygen atoms in total. The fourth-order valence-electron chi connectivity index (χ4n) is 0.808. The van der Waals surface area contributed by atoms with Crippen molar-refractivity contribution in [3.05, 3.63) is 15.3 Å². The quantitative estimate of drug-likeness (QED) is 0.196. The van der Waals surface area contributed by atoms with Crippen molar-refractivity contribution in [2.45, 2.75) is 0 Å². The van der Waals surface area contributed by atoms with Gasteiger partial charge in [0.15, 0.2) is 0 Å². The van der Waals surface area contributed by atoms with E-state index in [2.05, 4.69) is 4.98 Å². The van der Waals surface area contributed by atoms with Gasteiger partial charge in [-0.1, -0.05) is 5.23 Å². The Bertz CT molecular complexity index is 418. The van der Waals surface area contributed by atoms with Crippen LogP contribution < -0.4 is 21.4 Å². The summed E-state index contributed by atoms with van der Waals surface area (Å²) in [6.07, 6.45) is 0. The summed E-state index contributed by atoms with van der Waals surface area (Å²) in [6.45, 7) is 0. The first-order chi connectivity index (χ1) is 6.86. The van der Waals surface area contributed by atoms with E-state index in [4.69, 9.17) is 21.9 Å². The smallest absolute Gasteiger partial charge is 0.439 e. The van der Waals surface area contributed by atoms with E-state index < -0.39 is 33.4 Å². The fourth-order valence-corrected chi connectivity index (χ4v) is 0.808. The average Bonchev–Trinajstić information content (AvgIpc) is 2.13. The van der Waals surface area contributed by atoms with Gasteiger partial charge in [0.05, 0.1) is 0 Å². The van der Waals surface area contributed by atoms with Gasteiger partial charge in [0, 0.05) is 0 Å². The summed E-state index contributed by atoms with van der Waals surface area (Å²) < 4.78 is -0.236. The Labute approximate surface area is 81.4 Å². The van der Waals surface area contributed by atoms with Crippen LogP contribution in [-0.2, 0) is 0 Å². The number of hydrogen-bond acceptors (Lipinski definition) is 9. The normalized spacial score (nSPS) is 10.0. The van der Waals surface area contributed by atoms with Crippen molar-refractivity contribution in [2.75, 3.05) is 16.7 Å². The number of nitrogens with zero attached hydrogens (tertiary/aromatic N) is 4. The highest BCUT2D eigenvalue weighted by Crippen LogP contribution is 2.22. The number of nitrogen functional groups attached to an aromatic ring is 2. The third kappa shape index (κ3) is 1.63. The number of aromatic nitrogens is 2. The molecule has 0 saturated heterocycles. The van der Waals surface area contributed by atoms with Gasteiger partial charge in [-0.3, -0.25) is 10.4 Å². The van der Waals surface area contributed by atoms with Crippen molar-refractivity contribution < 1.29 is 20.1 Å². The van der Waals surface area contributed by atoms with Crippen molar-refractivity contribution in [3.63, 3.8) is 0 Å². The summed E-state index contributed by atoms with van der Waals surface area (Å²) in [5.41, 5.74) is 10.1. The van der Waals surface area contributed by atoms with Crippen LogP contribution in [0.5, 0.6) is 0 Å². The van der Waals surface area contributed by atoms with Crippen LogP contribution in [0.3, 0.4) is 0 Å². The minimum absolute atomic E-state index is 0.236. The van der Waals surface area contributed by atoms with Gasteiger partial charge in [-0.05, 0) is 9.91 Å². The molecule has 11 heteroatoms. The van der Waals surface area contributed by atoms with E-state index >= 15 is 0 Å². The molecule has 0 radical (unpaired) electrons. The Morgan fingerprint density at radius 1 is 1.40 bits per heavy atom. The van der Waals surface area contributed by atoms with Gasteiger partial charge in [0.2, 0.25) is 0 Å². The van der Waals surface area contributed by atoms with Gasteiger partial charge in [-0.15, -0.1) is 0 Å². The average molecular weight is 218 g/mol. The van der Waals surface area contributed by atoms with Crippen LogP contribution >= 0.6 is 0 Å². The molecule has 15 heavy (non-hydrogen) atoms. The first kappa shape index (κ1) is 10.7. The molecular weight excluding hydrogens is 212 g/mol. The maximum atomic E-state index is 11.1. The number of rotatable bonds is 2. The van der Waals surface area contributed by atoms with Crippen molar-refractivity contribution in [1.29, 1.82) is 0 Å². The maximum absolute atomic E-state index is 11.1. The number of nitro groups is 1. The molecular formula is C4H6N6O5. The second kappa shape index (κ2) is 3.39. The Kier molecular flexibility index (Phi) is 2.42. The van der Waals surface area contributed by atoms with E-state index in [1.54, 1.807) is 0 Å². The molecule has 1 aromatic rings. The van der Waals surface area contributed by atoms with Gasteiger partial charge in [-0.2, -0.15) is 0 Å². The minimum Gasteiger partial charge on any atom is -0.740 e. The topological polar surface area (TPSA) is 179 Å². The van der Waals surface area contributed by atoms with Crippen molar-refractivity contribution in [3.8, 4) is 0 Å². The first-order valence-electron chi connectivity index (χ1n) is 3.37. The summed E-state index contributed by atoms with van der Waals surface area (Å²) >= 11 is 0. The molecule has 0 amide bonds. The lowest BCUT2D eigenvalue weighted by atomic mass is 10.5. The van der Waals surface area contributed by atoms with Crippen LogP contribution in [0.2, 0.25) is 0 Å². The Balaban J connectivity index is 3.52. The summed E-state index contributed by atoms with van der Waals surface area (Å²) in [5, 5.41) is 37.9. The lowest BCUT2D eigenvalue weighted by Crippen LogP contribution is -2.37. The monoisotopic (exact) mass is 218 g/mol. The highest BCUT2D eigenvalue weighted by atomic mass is 16.8. The Morgan fingerprint density at radius 2 is 1.93 bits per heavy atom. The zero-order chi connectivity index (χ0) is 11.7. The molecule has 0 aromatic carbocycles. The molecule has 1 heterocycles. The largest absolute Gasteiger partial charge is 0.740 e. The molecule has 1 aromatic heterocycles. The third-order valence-electron chi connectivity index (χ3n) is 1.47. The van der Waals surface area contributed by atoms with Crippen LogP contribution in [-0.4, -0.2) is 20.3 Å². The Morgan fingerprint density at radius 3 is 2.33 bits per heavy atom. The van der Waals surface area contributed by atoms with Crippen LogP contribution in [0, 0.1) is 15.3 Å². The number of anilines is 3. The highest BCUT2D eigenvalue weighted by Gasteiger charge is 2.29. The Hall–Kier alpha value is -2.40. The van der Waals surface area contributed by atoms with Gasteiger partial charge >= 0.3 is 17.5 Å². The van der Waals surface area contributed by atoms with Crippen molar-refractivity contribution in [2.24, 2.45) is 0 Å². The van der Waals surface area contributed by atoms with E-state index in [-0.39, 0.29) is 4.73 Å². The lowest BCUT2D eigenvalue weighted by Gasteiger charge is -2.11. The fraction of sp³-hybridized carbons (Fsp3) is 0. The van der Waals surface area contributed by atoms with Crippen LogP contribution in [0.1, 0.15) is 0 Å². The molecule has 0 unspecified atom stereocenters. The number of nitrogens with two attached hydrogens (primary N) is 2. The molecule has 0 aliphatic rings. The molecule has 0 atom stereocenters. The zero-order valence-corrected chi connectivity index (χ0v) is 7.06. The van der Waals surface area contributed by atoms with E-state index in [1.165, 1.54) is 0 Å². The molecule has 1 rings (SSSR count). The van der Waals surface area contributed by atoms with Crippen molar-refractivity contribution >= 4 is 23.3 Å². The SMILES string of the molecule is Nc1c(N(O)O)nc([N+](=O)[O-])c(N)[n+]1[O-]. The predicted molar refractivity (Wildman–Crippen MR) is 44.7 cm³/mol. The minimum atomic E-state index is -1.06. The van der Waals surface area contributed by atoms with Gasteiger partial charge in [0.25, 0.3) is 5.82 Å². The summed E-state index contributed by atoms with van der Waals surface area (Å²) in [5.74, 6) is -3.53. The first-order valence-corrected chi connectivity index (χ1v) is 3.37. The van der Waals surface area contributed by atoms with E-state index in [0.29, 0.717) is 0 Å². The lowest BCUT2D eigenvalue weighted by molar-refractivity contribution is -0.579. The molecule has 0 aliphatic heterocycles. The zero-order valence-electron chi connectivity index (χ0n) is 7.06. The van der Waals surface area contributed by atoms with E-state index in [9.17, 15) is 15.3 Å². The van der Waals surface area contributed by atoms with Crippen LogP contribution in [0.4, 0.5) is 23.3 Å². The predicted octanol–water partition coefficient (Wildman–Crippen LogP) is -1.63. The van der Waals surface area contributed by atoms with Gasteiger partial charge in [-0.25, -0.2) is 4.73 Å². The highest BCUT2D eigenvalue weighted by molar-refractivity contribution is 5.57. The second-order valence-corrected chi connectivity index (χ2v) is 2.37. The molecule has 0 spiro atoms. The maximum Gasteiger partial charge on any atom is 0.439 e. The molecule has 82 valence electrons. The van der Waals surface area contributed by atoms with Gasteiger partial charge < -0.3 is 26.8 Å². The molecule has 0 fully saturated rings. The molecule has 0 saturated carbocycles. The number of hydrogen-bond donors (Lipinski definition) is 4. The molecule has 0 aliphatic carbocycles. The second-order valence-electron chi connectivity index (χ2n) is 2.37. The van der Waals surface area contributed by atoms with Crippen LogP contribution in [0.25, 0.3) is 0 Å². The summed E-state index contributed by atoms with van der Waals surface area (Å²) in [6, 6.07) is 0. The van der Waals surface area contributed by atoms with Crippen LogP contribution in [0.15, 0.2) is 0 Å². The standard InChI is InChI=1S/C4H6N6O5/c5-1-3(9(12)13)7-4(10(14)15)2(6)8(1)11/h12-13H,5-6H2. The molecule has 6 N–H and O–H groups in total.